The summed E-state index contributed by atoms with van der Waals surface area (Å²) in [5.74, 6) is -0.277. The number of nitrogens with two attached hydrogens (primary N) is 1. The van der Waals surface area contributed by atoms with Crippen LogP contribution in [-0.4, -0.2) is 15.5 Å². The molecule has 3 N–H and O–H groups in total. The van der Waals surface area contributed by atoms with Crippen molar-refractivity contribution in [2.45, 2.75) is 52.2 Å². The van der Waals surface area contributed by atoms with Crippen LogP contribution in [0, 0.1) is 0 Å². The highest BCUT2D eigenvalue weighted by atomic mass is 32.1. The molecule has 5 nitrogen and oxygen atoms in total. The second-order valence-electron chi connectivity index (χ2n) is 7.56. The molecule has 2 heterocycles. The Hall–Kier alpha value is -2.18. The van der Waals surface area contributed by atoms with E-state index in [1.165, 1.54) is 10.9 Å². The van der Waals surface area contributed by atoms with Crippen LogP contribution < -0.4 is 11.1 Å². The van der Waals surface area contributed by atoms with Crippen molar-refractivity contribution in [3.05, 3.63) is 52.1 Å². The average molecular weight is 371 g/mol. The molecule has 0 unspecified atom stereocenters. The van der Waals surface area contributed by atoms with Gasteiger partial charge in [0.15, 0.2) is 0 Å². The van der Waals surface area contributed by atoms with Crippen LogP contribution in [0.3, 0.4) is 0 Å². The van der Waals surface area contributed by atoms with Gasteiger partial charge in [0.05, 0.1) is 5.69 Å². The molecular formula is C20H26N4OS. The first kappa shape index (κ1) is 18.6. The maximum Gasteiger partial charge on any atom is 0.219 e. The van der Waals surface area contributed by atoms with Crippen LogP contribution in [0.2, 0.25) is 0 Å². The van der Waals surface area contributed by atoms with Crippen molar-refractivity contribution in [3.8, 4) is 0 Å². The average Bonchev–Trinajstić information content (AvgIpc) is 3.18. The number of fused-ring (bicyclic) bond motifs is 1. The number of hydrogen-bond donors (Lipinski definition) is 2. The van der Waals surface area contributed by atoms with Crippen molar-refractivity contribution in [1.82, 2.24) is 14.9 Å². The van der Waals surface area contributed by atoms with Gasteiger partial charge in [-0.1, -0.05) is 39.0 Å². The van der Waals surface area contributed by atoms with E-state index in [0.717, 1.165) is 29.3 Å². The minimum Gasteiger partial charge on any atom is -0.370 e. The van der Waals surface area contributed by atoms with E-state index in [2.05, 4.69) is 54.4 Å². The van der Waals surface area contributed by atoms with Gasteiger partial charge in [0.25, 0.3) is 0 Å². The van der Waals surface area contributed by atoms with E-state index in [4.69, 9.17) is 10.7 Å². The molecule has 0 aliphatic rings. The number of hydrogen-bond acceptors (Lipinski definition) is 4. The molecule has 0 saturated carbocycles. The van der Waals surface area contributed by atoms with E-state index < -0.39 is 0 Å². The molecule has 2 aromatic heterocycles. The molecule has 0 radical (unpaired) electrons. The molecule has 0 spiro atoms. The van der Waals surface area contributed by atoms with Crippen molar-refractivity contribution in [2.24, 2.45) is 5.73 Å². The third kappa shape index (κ3) is 4.31. The lowest BCUT2D eigenvalue weighted by Crippen LogP contribution is -2.15. The molecule has 1 aromatic carbocycles. The Bertz CT molecular complexity index is 904. The normalized spacial score (nSPS) is 12.0. The lowest BCUT2D eigenvalue weighted by atomic mass is 9.93. The fourth-order valence-corrected chi connectivity index (χ4v) is 3.91. The van der Waals surface area contributed by atoms with E-state index in [1.54, 1.807) is 11.3 Å². The van der Waals surface area contributed by atoms with Crippen LogP contribution in [-0.2, 0) is 29.8 Å². The summed E-state index contributed by atoms with van der Waals surface area (Å²) in [5, 5.41) is 7.95. The number of carbonyl (C=O) groups excluding carboxylic acids is 1. The largest absolute Gasteiger partial charge is 0.370 e. The SMILES string of the molecule is CC(C)(C)c1csc(CNCc2cn(CCC(N)=O)c3ccccc23)n1. The molecule has 0 aliphatic heterocycles. The van der Waals surface area contributed by atoms with Crippen LogP contribution in [0.25, 0.3) is 10.9 Å². The summed E-state index contributed by atoms with van der Waals surface area (Å²) in [7, 11) is 0. The predicted octanol–water partition coefficient (Wildman–Crippen LogP) is 3.56. The second kappa shape index (κ2) is 7.60. The number of rotatable bonds is 7. The standard InChI is InChI=1S/C20H26N4OS/c1-20(2,3)17-13-26-19(23-17)11-22-10-14-12-24(9-8-18(21)25)16-7-5-4-6-15(14)16/h4-7,12-13,22H,8-11H2,1-3H3,(H2,21,25). The molecule has 0 saturated heterocycles. The Kier molecular flexibility index (Phi) is 5.44. The first-order valence-corrected chi connectivity index (χ1v) is 9.73. The highest BCUT2D eigenvalue weighted by Gasteiger charge is 2.17. The van der Waals surface area contributed by atoms with E-state index in [0.29, 0.717) is 13.0 Å². The van der Waals surface area contributed by atoms with Crippen LogP contribution in [0.5, 0.6) is 0 Å². The lowest BCUT2D eigenvalue weighted by Gasteiger charge is -2.14. The zero-order valence-corrected chi connectivity index (χ0v) is 16.4. The number of aromatic nitrogens is 2. The Morgan fingerprint density at radius 1 is 1.27 bits per heavy atom. The summed E-state index contributed by atoms with van der Waals surface area (Å²) in [4.78, 5) is 15.8. The summed E-state index contributed by atoms with van der Waals surface area (Å²) in [5.41, 5.74) is 8.88. The zero-order valence-electron chi connectivity index (χ0n) is 15.6. The summed E-state index contributed by atoms with van der Waals surface area (Å²) < 4.78 is 2.11. The number of primary amides is 1. The van der Waals surface area contributed by atoms with Gasteiger partial charge in [-0.15, -0.1) is 11.3 Å². The van der Waals surface area contributed by atoms with Gasteiger partial charge in [0.1, 0.15) is 5.01 Å². The number of nitrogens with one attached hydrogen (secondary N) is 1. The fraction of sp³-hybridized carbons (Fsp3) is 0.400. The molecule has 0 aliphatic carbocycles. The highest BCUT2D eigenvalue weighted by Crippen LogP contribution is 2.24. The molecule has 6 heteroatoms. The van der Waals surface area contributed by atoms with Gasteiger partial charge >= 0.3 is 0 Å². The molecule has 0 atom stereocenters. The van der Waals surface area contributed by atoms with Crippen molar-refractivity contribution in [2.75, 3.05) is 0 Å². The number of para-hydroxylation sites is 1. The molecule has 138 valence electrons. The number of benzene rings is 1. The van der Waals surface area contributed by atoms with Gasteiger partial charge in [0.2, 0.25) is 5.91 Å². The van der Waals surface area contributed by atoms with Crippen molar-refractivity contribution in [1.29, 1.82) is 0 Å². The Labute approximate surface area is 158 Å². The van der Waals surface area contributed by atoms with E-state index in [9.17, 15) is 4.79 Å². The zero-order chi connectivity index (χ0) is 18.7. The monoisotopic (exact) mass is 370 g/mol. The minimum absolute atomic E-state index is 0.0859. The third-order valence-corrected chi connectivity index (χ3v) is 5.23. The van der Waals surface area contributed by atoms with Gasteiger partial charge in [-0.3, -0.25) is 4.79 Å². The molecular weight excluding hydrogens is 344 g/mol. The first-order valence-electron chi connectivity index (χ1n) is 8.85. The maximum atomic E-state index is 11.1. The van der Waals surface area contributed by atoms with E-state index >= 15 is 0 Å². The minimum atomic E-state index is -0.277. The molecule has 3 rings (SSSR count). The topological polar surface area (TPSA) is 72.9 Å². The Morgan fingerprint density at radius 2 is 2.04 bits per heavy atom. The quantitative estimate of drug-likeness (QED) is 0.668. The van der Waals surface area contributed by atoms with Crippen molar-refractivity contribution >= 4 is 28.1 Å². The second-order valence-corrected chi connectivity index (χ2v) is 8.50. The van der Waals surface area contributed by atoms with Crippen molar-refractivity contribution in [3.63, 3.8) is 0 Å². The van der Waals surface area contributed by atoms with Crippen LogP contribution >= 0.6 is 11.3 Å². The van der Waals surface area contributed by atoms with E-state index in [1.807, 2.05) is 12.1 Å². The number of carbonyl (C=O) groups is 1. The summed E-state index contributed by atoms with van der Waals surface area (Å²) in [6.45, 7) is 8.66. The summed E-state index contributed by atoms with van der Waals surface area (Å²) in [6.07, 6.45) is 2.46. The molecule has 0 fully saturated rings. The smallest absolute Gasteiger partial charge is 0.219 e. The predicted molar refractivity (Wildman–Crippen MR) is 107 cm³/mol. The van der Waals surface area contributed by atoms with Gasteiger partial charge in [0, 0.05) is 53.9 Å². The Morgan fingerprint density at radius 3 is 2.73 bits per heavy atom. The molecule has 0 bridgehead atoms. The van der Waals surface area contributed by atoms with Gasteiger partial charge in [-0.25, -0.2) is 4.98 Å². The number of nitrogens with zero attached hydrogens (tertiary/aromatic N) is 2. The van der Waals surface area contributed by atoms with Gasteiger partial charge < -0.3 is 15.6 Å². The van der Waals surface area contributed by atoms with Gasteiger partial charge in [-0.05, 0) is 11.6 Å². The number of thiazole rings is 1. The summed E-state index contributed by atoms with van der Waals surface area (Å²) in [6, 6.07) is 8.26. The molecule has 26 heavy (non-hydrogen) atoms. The highest BCUT2D eigenvalue weighted by molar-refractivity contribution is 7.09. The number of aryl methyl sites for hydroxylation is 1. The summed E-state index contributed by atoms with van der Waals surface area (Å²) >= 11 is 1.70. The van der Waals surface area contributed by atoms with E-state index in [-0.39, 0.29) is 11.3 Å². The lowest BCUT2D eigenvalue weighted by molar-refractivity contribution is -0.118. The van der Waals surface area contributed by atoms with Crippen molar-refractivity contribution < 1.29 is 4.79 Å². The maximum absolute atomic E-state index is 11.1. The Balaban J connectivity index is 1.69. The number of amides is 1. The van der Waals surface area contributed by atoms with Crippen LogP contribution in [0.15, 0.2) is 35.8 Å². The van der Waals surface area contributed by atoms with Gasteiger partial charge in [-0.2, -0.15) is 0 Å². The van der Waals surface area contributed by atoms with Crippen LogP contribution in [0.4, 0.5) is 0 Å². The molecule has 3 aromatic rings. The van der Waals surface area contributed by atoms with Crippen LogP contribution in [0.1, 0.15) is 43.5 Å². The third-order valence-electron chi connectivity index (χ3n) is 4.38. The fourth-order valence-electron chi connectivity index (χ4n) is 2.92. The first-order chi connectivity index (χ1) is 12.3. The molecule has 1 amide bonds.